The van der Waals surface area contributed by atoms with Gasteiger partial charge in [0.15, 0.2) is 0 Å². The summed E-state index contributed by atoms with van der Waals surface area (Å²) in [5.74, 6) is 0.310. The molecule has 0 spiro atoms. The Morgan fingerprint density at radius 3 is 2.59 bits per heavy atom. The van der Waals surface area contributed by atoms with Gasteiger partial charge in [-0.3, -0.25) is 4.98 Å². The van der Waals surface area contributed by atoms with Crippen molar-refractivity contribution in [2.24, 2.45) is 0 Å². The lowest BCUT2D eigenvalue weighted by molar-refractivity contribution is 0.166. The highest BCUT2D eigenvalue weighted by molar-refractivity contribution is 7.89. The maximum absolute atomic E-state index is 13.0. The summed E-state index contributed by atoms with van der Waals surface area (Å²) in [6.07, 6.45) is 8.44. The molecule has 2 heterocycles. The van der Waals surface area contributed by atoms with Gasteiger partial charge in [-0.2, -0.15) is 4.31 Å². The molecule has 0 aromatic carbocycles. The van der Waals surface area contributed by atoms with Crippen molar-refractivity contribution in [1.82, 2.24) is 19.5 Å². The molecule has 0 radical (unpaired) electrons. The standard InChI is InChI=1S/C18H28N4O4S/c1-2-26-16-8-9-19-14-17(16)27(24,25)22-12-10-21(11-13-22)18(23)20-15-6-4-3-5-7-15/h8-9,14-15H,2-7,10-13H2,1H3,(H,20,23). The van der Waals surface area contributed by atoms with Gasteiger partial charge in [0.05, 0.1) is 12.8 Å². The van der Waals surface area contributed by atoms with Gasteiger partial charge in [-0.05, 0) is 25.8 Å². The molecule has 9 heteroatoms. The SMILES string of the molecule is CCOc1ccncc1S(=O)(=O)N1CCN(C(=O)NC2CCCCC2)CC1. The molecule has 1 saturated heterocycles. The molecule has 1 aromatic rings. The normalized spacial score (nSPS) is 19.7. The Balaban J connectivity index is 1.60. The third-order valence-corrected chi connectivity index (χ3v) is 7.03. The summed E-state index contributed by atoms with van der Waals surface area (Å²) in [5.41, 5.74) is 0. The molecule has 2 amide bonds. The fourth-order valence-electron chi connectivity index (χ4n) is 3.62. The quantitative estimate of drug-likeness (QED) is 0.820. The number of urea groups is 1. The number of aromatic nitrogens is 1. The summed E-state index contributed by atoms with van der Waals surface area (Å²) >= 11 is 0. The van der Waals surface area contributed by atoms with E-state index >= 15 is 0 Å². The molecule has 150 valence electrons. The van der Waals surface area contributed by atoms with E-state index < -0.39 is 10.0 Å². The van der Waals surface area contributed by atoms with Crippen LogP contribution in [0.25, 0.3) is 0 Å². The number of ether oxygens (including phenoxy) is 1. The smallest absolute Gasteiger partial charge is 0.317 e. The Morgan fingerprint density at radius 1 is 1.22 bits per heavy atom. The van der Waals surface area contributed by atoms with Crippen molar-refractivity contribution in [2.75, 3.05) is 32.8 Å². The van der Waals surface area contributed by atoms with E-state index in [0.717, 1.165) is 25.7 Å². The number of sulfonamides is 1. The second-order valence-electron chi connectivity index (χ2n) is 6.93. The van der Waals surface area contributed by atoms with Crippen molar-refractivity contribution in [2.45, 2.75) is 50.0 Å². The molecule has 0 atom stereocenters. The Labute approximate surface area is 160 Å². The zero-order valence-corrected chi connectivity index (χ0v) is 16.6. The lowest BCUT2D eigenvalue weighted by Gasteiger charge is -2.35. The molecule has 8 nitrogen and oxygen atoms in total. The van der Waals surface area contributed by atoms with Crippen LogP contribution in [-0.4, -0.2) is 67.5 Å². The highest BCUT2D eigenvalue weighted by Crippen LogP contribution is 2.26. The third kappa shape index (κ3) is 4.70. The van der Waals surface area contributed by atoms with Crippen LogP contribution < -0.4 is 10.1 Å². The lowest BCUT2D eigenvalue weighted by Crippen LogP contribution is -2.54. The van der Waals surface area contributed by atoms with Crippen molar-refractivity contribution in [3.63, 3.8) is 0 Å². The topological polar surface area (TPSA) is 91.8 Å². The van der Waals surface area contributed by atoms with E-state index in [9.17, 15) is 13.2 Å². The number of carbonyl (C=O) groups excluding carboxylic acids is 1. The molecule has 2 aliphatic rings. The van der Waals surface area contributed by atoms with Gasteiger partial charge in [0, 0.05) is 38.4 Å². The van der Waals surface area contributed by atoms with E-state index in [1.165, 1.54) is 23.1 Å². The van der Waals surface area contributed by atoms with E-state index in [-0.39, 0.29) is 30.1 Å². The van der Waals surface area contributed by atoms with E-state index in [1.807, 2.05) is 0 Å². The molecular formula is C18H28N4O4S. The van der Waals surface area contributed by atoms with E-state index in [1.54, 1.807) is 17.9 Å². The lowest BCUT2D eigenvalue weighted by atomic mass is 9.96. The zero-order chi connectivity index (χ0) is 19.3. The first-order chi connectivity index (χ1) is 13.0. The predicted molar refractivity (Wildman–Crippen MR) is 101 cm³/mol. The summed E-state index contributed by atoms with van der Waals surface area (Å²) in [6, 6.07) is 1.72. The summed E-state index contributed by atoms with van der Waals surface area (Å²) in [5, 5.41) is 3.09. The highest BCUT2D eigenvalue weighted by atomic mass is 32.2. The fourth-order valence-corrected chi connectivity index (χ4v) is 5.12. The molecule has 0 unspecified atom stereocenters. The summed E-state index contributed by atoms with van der Waals surface area (Å²) in [6.45, 7) is 3.47. The molecular weight excluding hydrogens is 368 g/mol. The van der Waals surface area contributed by atoms with Gasteiger partial charge in [-0.15, -0.1) is 0 Å². The minimum atomic E-state index is -3.70. The second kappa shape index (κ2) is 8.88. The minimum Gasteiger partial charge on any atom is -0.492 e. The first-order valence-corrected chi connectivity index (χ1v) is 11.1. The van der Waals surface area contributed by atoms with Crippen LogP contribution in [0.3, 0.4) is 0 Å². The summed E-state index contributed by atoms with van der Waals surface area (Å²) in [4.78, 5) is 18.2. The van der Waals surface area contributed by atoms with Crippen LogP contribution >= 0.6 is 0 Å². The number of carbonyl (C=O) groups is 1. The van der Waals surface area contributed by atoms with E-state index in [0.29, 0.717) is 25.4 Å². The maximum atomic E-state index is 13.0. The first-order valence-electron chi connectivity index (χ1n) is 9.64. The highest BCUT2D eigenvalue weighted by Gasteiger charge is 2.32. The summed E-state index contributed by atoms with van der Waals surface area (Å²) in [7, 11) is -3.70. The number of amides is 2. The third-order valence-electron chi connectivity index (χ3n) is 5.12. The molecule has 0 bridgehead atoms. The van der Waals surface area contributed by atoms with Crippen LogP contribution in [0.2, 0.25) is 0 Å². The largest absolute Gasteiger partial charge is 0.492 e. The first kappa shape index (κ1) is 19.9. The number of nitrogens with one attached hydrogen (secondary N) is 1. The van der Waals surface area contributed by atoms with Gasteiger partial charge < -0.3 is 15.0 Å². The van der Waals surface area contributed by atoms with Gasteiger partial charge in [-0.1, -0.05) is 19.3 Å². The van der Waals surface area contributed by atoms with E-state index in [2.05, 4.69) is 10.3 Å². The van der Waals surface area contributed by atoms with Crippen LogP contribution in [-0.2, 0) is 10.0 Å². The fraction of sp³-hybridized carbons (Fsp3) is 0.667. The molecule has 1 aliphatic heterocycles. The van der Waals surface area contributed by atoms with Crippen molar-refractivity contribution >= 4 is 16.1 Å². The molecule has 2 fully saturated rings. The van der Waals surface area contributed by atoms with Crippen LogP contribution in [0.4, 0.5) is 4.79 Å². The van der Waals surface area contributed by atoms with Crippen LogP contribution in [0.15, 0.2) is 23.4 Å². The number of rotatable bonds is 5. The van der Waals surface area contributed by atoms with Crippen LogP contribution in [0, 0.1) is 0 Å². The van der Waals surface area contributed by atoms with Crippen molar-refractivity contribution in [3.8, 4) is 5.75 Å². The van der Waals surface area contributed by atoms with Crippen molar-refractivity contribution in [1.29, 1.82) is 0 Å². The van der Waals surface area contributed by atoms with Crippen molar-refractivity contribution < 1.29 is 17.9 Å². The monoisotopic (exact) mass is 396 g/mol. The average molecular weight is 397 g/mol. The number of piperazine rings is 1. The maximum Gasteiger partial charge on any atom is 0.317 e. The van der Waals surface area contributed by atoms with Gasteiger partial charge in [0.2, 0.25) is 10.0 Å². The van der Waals surface area contributed by atoms with E-state index in [4.69, 9.17) is 4.74 Å². The van der Waals surface area contributed by atoms with Crippen molar-refractivity contribution in [3.05, 3.63) is 18.5 Å². The van der Waals surface area contributed by atoms with Gasteiger partial charge >= 0.3 is 6.03 Å². The van der Waals surface area contributed by atoms with Gasteiger partial charge in [-0.25, -0.2) is 13.2 Å². The number of nitrogens with zero attached hydrogens (tertiary/aromatic N) is 3. The minimum absolute atomic E-state index is 0.0759. The molecule has 27 heavy (non-hydrogen) atoms. The number of pyridine rings is 1. The molecule has 1 aromatic heterocycles. The molecule has 3 rings (SSSR count). The van der Waals surface area contributed by atoms with Crippen LogP contribution in [0.5, 0.6) is 5.75 Å². The molecule has 1 aliphatic carbocycles. The zero-order valence-electron chi connectivity index (χ0n) is 15.8. The Bertz CT molecular complexity index is 741. The van der Waals surface area contributed by atoms with Gasteiger partial charge in [0.25, 0.3) is 0 Å². The Morgan fingerprint density at radius 2 is 1.93 bits per heavy atom. The number of hydrogen-bond donors (Lipinski definition) is 1. The Kier molecular flexibility index (Phi) is 6.54. The second-order valence-corrected chi connectivity index (χ2v) is 8.84. The number of hydrogen-bond acceptors (Lipinski definition) is 5. The Hall–Kier alpha value is -1.87. The molecule has 1 N–H and O–H groups in total. The summed E-state index contributed by atoms with van der Waals surface area (Å²) < 4.78 is 32.8. The van der Waals surface area contributed by atoms with Gasteiger partial charge in [0.1, 0.15) is 10.6 Å². The molecule has 1 saturated carbocycles. The van der Waals surface area contributed by atoms with Crippen LogP contribution in [0.1, 0.15) is 39.0 Å². The average Bonchev–Trinajstić information content (AvgIpc) is 2.69. The predicted octanol–water partition coefficient (Wildman–Crippen LogP) is 1.83.